The second-order valence-electron chi connectivity index (χ2n) is 1.58. The molecule has 0 fully saturated rings. The summed E-state index contributed by atoms with van der Waals surface area (Å²) in [6, 6.07) is 0. The van der Waals surface area contributed by atoms with Gasteiger partial charge in [0.1, 0.15) is 0 Å². The minimum absolute atomic E-state index is 0.0972. The van der Waals surface area contributed by atoms with Gasteiger partial charge in [-0.15, -0.1) is 0 Å². The molecule has 0 spiro atoms. The lowest BCUT2D eigenvalue weighted by molar-refractivity contribution is 0.563. The van der Waals surface area contributed by atoms with Crippen LogP contribution in [0, 0.1) is 11.1 Å². The highest BCUT2D eigenvalue weighted by atomic mass is 32.1. The maximum absolute atomic E-state index is 12.3. The van der Waals surface area contributed by atoms with Gasteiger partial charge in [-0.05, 0) is 18.0 Å². The van der Waals surface area contributed by atoms with E-state index in [-0.39, 0.29) is 5.56 Å². The van der Waals surface area contributed by atoms with Gasteiger partial charge >= 0.3 is 0 Å². The number of rotatable bonds is 1. The SMILES string of the molecule is CCc1c(F)nsc1F. The molecule has 0 amide bonds. The fourth-order valence-electron chi connectivity index (χ4n) is 0.556. The van der Waals surface area contributed by atoms with E-state index in [0.29, 0.717) is 18.0 Å². The monoisotopic (exact) mass is 149 g/mol. The minimum atomic E-state index is -0.667. The van der Waals surface area contributed by atoms with Crippen molar-refractivity contribution >= 4 is 11.5 Å². The number of aromatic nitrogens is 1. The fourth-order valence-corrected chi connectivity index (χ4v) is 1.17. The summed E-state index contributed by atoms with van der Waals surface area (Å²) in [7, 11) is 0. The van der Waals surface area contributed by atoms with E-state index in [2.05, 4.69) is 4.37 Å². The fraction of sp³-hybridized carbons (Fsp3) is 0.400. The zero-order valence-corrected chi connectivity index (χ0v) is 5.63. The van der Waals surface area contributed by atoms with Crippen LogP contribution in [0.4, 0.5) is 8.78 Å². The van der Waals surface area contributed by atoms with Crippen molar-refractivity contribution in [2.75, 3.05) is 0 Å². The molecule has 0 unspecified atom stereocenters. The summed E-state index contributed by atoms with van der Waals surface area (Å²) in [5.41, 5.74) is 0.0972. The number of halogens is 2. The molecule has 0 saturated carbocycles. The Morgan fingerprint density at radius 1 is 1.56 bits per heavy atom. The van der Waals surface area contributed by atoms with Crippen molar-refractivity contribution in [3.63, 3.8) is 0 Å². The van der Waals surface area contributed by atoms with Crippen molar-refractivity contribution in [3.8, 4) is 0 Å². The molecule has 0 saturated heterocycles. The van der Waals surface area contributed by atoms with Crippen LogP contribution in [0.15, 0.2) is 0 Å². The summed E-state index contributed by atoms with van der Waals surface area (Å²) in [6.07, 6.45) is 0.369. The highest BCUT2D eigenvalue weighted by Crippen LogP contribution is 2.15. The molecule has 1 nitrogen and oxygen atoms in total. The zero-order chi connectivity index (χ0) is 6.85. The molecule has 1 heterocycles. The first-order chi connectivity index (χ1) is 4.25. The average molecular weight is 149 g/mol. The van der Waals surface area contributed by atoms with E-state index < -0.39 is 11.1 Å². The quantitative estimate of drug-likeness (QED) is 0.595. The number of nitrogens with zero attached hydrogens (tertiary/aromatic N) is 1. The van der Waals surface area contributed by atoms with Crippen molar-refractivity contribution in [2.45, 2.75) is 13.3 Å². The molecule has 0 aliphatic heterocycles. The molecule has 0 N–H and O–H groups in total. The van der Waals surface area contributed by atoms with Gasteiger partial charge in [0.05, 0.1) is 5.56 Å². The summed E-state index contributed by atoms with van der Waals surface area (Å²) < 4.78 is 27.8. The minimum Gasteiger partial charge on any atom is -0.193 e. The molecule has 1 aromatic rings. The van der Waals surface area contributed by atoms with Crippen molar-refractivity contribution in [2.24, 2.45) is 0 Å². The van der Waals surface area contributed by atoms with E-state index in [0.717, 1.165) is 0 Å². The number of hydrogen-bond acceptors (Lipinski definition) is 2. The Balaban J connectivity index is 3.07. The molecular formula is C5H5F2NS. The van der Waals surface area contributed by atoms with Crippen LogP contribution in [-0.4, -0.2) is 4.37 Å². The summed E-state index contributed by atoms with van der Waals surface area (Å²) >= 11 is 0.564. The molecule has 0 atom stereocenters. The third-order valence-corrected chi connectivity index (χ3v) is 1.70. The van der Waals surface area contributed by atoms with Gasteiger partial charge in [-0.3, -0.25) is 0 Å². The third-order valence-electron chi connectivity index (χ3n) is 1.05. The molecular weight excluding hydrogens is 144 g/mol. The summed E-state index contributed by atoms with van der Waals surface area (Å²) in [6.45, 7) is 1.69. The van der Waals surface area contributed by atoms with Gasteiger partial charge in [0.15, 0.2) is 0 Å². The van der Waals surface area contributed by atoms with Gasteiger partial charge in [0, 0.05) is 0 Å². The normalized spacial score (nSPS) is 10.1. The molecule has 9 heavy (non-hydrogen) atoms. The standard InChI is InChI=1S/C5H5F2NS/c1-2-3-4(6)8-9-5(3)7/h2H2,1H3. The Hall–Kier alpha value is -0.510. The maximum atomic E-state index is 12.3. The Morgan fingerprint density at radius 3 is 2.44 bits per heavy atom. The van der Waals surface area contributed by atoms with Gasteiger partial charge in [0.25, 0.3) is 0 Å². The van der Waals surface area contributed by atoms with Crippen molar-refractivity contribution < 1.29 is 8.78 Å². The Kier molecular flexibility index (Phi) is 1.75. The first kappa shape index (κ1) is 6.61. The van der Waals surface area contributed by atoms with E-state index >= 15 is 0 Å². The molecule has 0 bridgehead atoms. The van der Waals surface area contributed by atoms with E-state index in [4.69, 9.17) is 0 Å². The van der Waals surface area contributed by atoms with E-state index in [1.54, 1.807) is 6.92 Å². The van der Waals surface area contributed by atoms with Crippen LogP contribution < -0.4 is 0 Å². The van der Waals surface area contributed by atoms with Crippen molar-refractivity contribution in [1.82, 2.24) is 4.37 Å². The van der Waals surface area contributed by atoms with Crippen LogP contribution in [0.1, 0.15) is 12.5 Å². The lowest BCUT2D eigenvalue weighted by Gasteiger charge is -1.85. The maximum Gasteiger partial charge on any atom is 0.230 e. The Bertz CT molecular complexity index is 189. The van der Waals surface area contributed by atoms with Crippen LogP contribution in [0.25, 0.3) is 0 Å². The Labute approximate surface area is 55.5 Å². The van der Waals surface area contributed by atoms with Crippen LogP contribution in [0.3, 0.4) is 0 Å². The highest BCUT2D eigenvalue weighted by Gasteiger charge is 2.09. The predicted molar refractivity (Wildman–Crippen MR) is 31.4 cm³/mol. The first-order valence-electron chi connectivity index (χ1n) is 2.55. The van der Waals surface area contributed by atoms with Gasteiger partial charge in [-0.25, -0.2) is 0 Å². The average Bonchev–Trinajstić information content (AvgIpc) is 2.12. The molecule has 0 radical (unpaired) electrons. The first-order valence-corrected chi connectivity index (χ1v) is 3.32. The van der Waals surface area contributed by atoms with Crippen LogP contribution in [0.5, 0.6) is 0 Å². The van der Waals surface area contributed by atoms with E-state index in [9.17, 15) is 8.78 Å². The van der Waals surface area contributed by atoms with Crippen LogP contribution in [-0.2, 0) is 6.42 Å². The van der Waals surface area contributed by atoms with Crippen molar-refractivity contribution in [3.05, 3.63) is 16.6 Å². The molecule has 0 aliphatic carbocycles. The van der Waals surface area contributed by atoms with Gasteiger partial charge in [-0.2, -0.15) is 13.2 Å². The summed E-state index contributed by atoms with van der Waals surface area (Å²) in [5.74, 6) is -0.667. The predicted octanol–water partition coefficient (Wildman–Crippen LogP) is 1.98. The summed E-state index contributed by atoms with van der Waals surface area (Å²) in [4.78, 5) is 0. The molecule has 1 rings (SSSR count). The second-order valence-corrected chi connectivity index (χ2v) is 2.30. The molecule has 0 aromatic carbocycles. The number of hydrogen-bond donors (Lipinski definition) is 0. The molecule has 50 valence electrons. The molecule has 4 heteroatoms. The summed E-state index contributed by atoms with van der Waals surface area (Å²) in [5, 5.41) is -0.505. The topological polar surface area (TPSA) is 12.9 Å². The van der Waals surface area contributed by atoms with Crippen LogP contribution >= 0.6 is 11.5 Å². The Morgan fingerprint density at radius 2 is 2.22 bits per heavy atom. The lowest BCUT2D eigenvalue weighted by Crippen LogP contribution is -1.83. The van der Waals surface area contributed by atoms with E-state index in [1.807, 2.05) is 0 Å². The smallest absolute Gasteiger partial charge is 0.193 e. The van der Waals surface area contributed by atoms with Gasteiger partial charge in [-0.1, -0.05) is 6.92 Å². The molecule has 1 aromatic heterocycles. The lowest BCUT2D eigenvalue weighted by atomic mass is 10.3. The van der Waals surface area contributed by atoms with Gasteiger partial charge < -0.3 is 0 Å². The second kappa shape index (κ2) is 2.39. The van der Waals surface area contributed by atoms with E-state index in [1.165, 1.54) is 0 Å². The van der Waals surface area contributed by atoms with Crippen molar-refractivity contribution in [1.29, 1.82) is 0 Å². The zero-order valence-electron chi connectivity index (χ0n) is 4.82. The highest BCUT2D eigenvalue weighted by molar-refractivity contribution is 7.04. The third kappa shape index (κ3) is 1.08. The van der Waals surface area contributed by atoms with Crippen LogP contribution in [0.2, 0.25) is 0 Å². The molecule has 0 aliphatic rings. The largest absolute Gasteiger partial charge is 0.230 e. The van der Waals surface area contributed by atoms with Gasteiger partial charge in [0.2, 0.25) is 11.1 Å².